The number of methoxy groups -OCH3 is 1. The van der Waals surface area contributed by atoms with Gasteiger partial charge in [0.15, 0.2) is 11.5 Å². The number of amides is 1. The van der Waals surface area contributed by atoms with Crippen molar-refractivity contribution in [2.45, 2.75) is 26.9 Å². The second-order valence-electron chi connectivity index (χ2n) is 4.68. The Morgan fingerprint density at radius 2 is 2.00 bits per heavy atom. The van der Waals surface area contributed by atoms with Crippen molar-refractivity contribution in [3.63, 3.8) is 0 Å². The van der Waals surface area contributed by atoms with Gasteiger partial charge in [-0.1, -0.05) is 13.8 Å². The van der Waals surface area contributed by atoms with Crippen molar-refractivity contribution in [1.82, 2.24) is 5.32 Å². The molecule has 6 heteroatoms. The molecule has 1 aromatic carbocycles. The number of alkyl halides is 2. The fourth-order valence-corrected chi connectivity index (χ4v) is 1.58. The quantitative estimate of drug-likeness (QED) is 0.838. The van der Waals surface area contributed by atoms with Gasteiger partial charge in [0, 0.05) is 12.1 Å². The van der Waals surface area contributed by atoms with Crippen LogP contribution >= 0.6 is 0 Å². The van der Waals surface area contributed by atoms with Gasteiger partial charge >= 0.3 is 6.61 Å². The van der Waals surface area contributed by atoms with Crippen LogP contribution in [-0.4, -0.2) is 26.2 Å². The molecule has 0 unspecified atom stereocenters. The van der Waals surface area contributed by atoms with E-state index in [-0.39, 0.29) is 17.4 Å². The van der Waals surface area contributed by atoms with Crippen molar-refractivity contribution >= 4 is 5.91 Å². The summed E-state index contributed by atoms with van der Waals surface area (Å²) in [6.45, 7) is 1.75. The Labute approximate surface area is 117 Å². The second-order valence-corrected chi connectivity index (χ2v) is 4.68. The highest BCUT2D eigenvalue weighted by Crippen LogP contribution is 2.29. The zero-order valence-corrected chi connectivity index (χ0v) is 11.8. The summed E-state index contributed by atoms with van der Waals surface area (Å²) in [4.78, 5) is 11.9. The lowest BCUT2D eigenvalue weighted by Gasteiger charge is -2.12. The summed E-state index contributed by atoms with van der Waals surface area (Å²) >= 11 is 0. The zero-order valence-electron chi connectivity index (χ0n) is 11.8. The third-order valence-corrected chi connectivity index (χ3v) is 2.65. The molecule has 0 aliphatic heterocycles. The summed E-state index contributed by atoms with van der Waals surface area (Å²) in [6, 6.07) is 4.09. The maximum Gasteiger partial charge on any atom is 0.387 e. The Hall–Kier alpha value is -1.85. The third kappa shape index (κ3) is 5.03. The van der Waals surface area contributed by atoms with Gasteiger partial charge in [-0.3, -0.25) is 4.79 Å². The Morgan fingerprint density at radius 3 is 2.55 bits per heavy atom. The fourth-order valence-electron chi connectivity index (χ4n) is 1.58. The third-order valence-electron chi connectivity index (χ3n) is 2.65. The van der Waals surface area contributed by atoms with Crippen LogP contribution in [0.2, 0.25) is 0 Å². The van der Waals surface area contributed by atoms with Gasteiger partial charge in [0.05, 0.1) is 7.11 Å². The van der Waals surface area contributed by atoms with E-state index in [4.69, 9.17) is 4.74 Å². The normalized spacial score (nSPS) is 10.8. The van der Waals surface area contributed by atoms with Gasteiger partial charge in [0.25, 0.3) is 5.91 Å². The topological polar surface area (TPSA) is 47.6 Å². The smallest absolute Gasteiger partial charge is 0.387 e. The molecule has 4 nitrogen and oxygen atoms in total. The molecule has 0 bridgehead atoms. The molecular formula is C14H19F2NO3. The maximum atomic E-state index is 12.2. The van der Waals surface area contributed by atoms with Crippen LogP contribution in [-0.2, 0) is 0 Å². The predicted molar refractivity (Wildman–Crippen MR) is 71.4 cm³/mol. The molecule has 0 spiro atoms. The Balaban J connectivity index is 2.73. The van der Waals surface area contributed by atoms with Gasteiger partial charge in [-0.15, -0.1) is 0 Å². The average molecular weight is 287 g/mol. The van der Waals surface area contributed by atoms with E-state index in [9.17, 15) is 13.6 Å². The lowest BCUT2D eigenvalue weighted by Crippen LogP contribution is -2.25. The number of hydrogen-bond acceptors (Lipinski definition) is 3. The summed E-state index contributed by atoms with van der Waals surface area (Å²) in [7, 11) is 1.33. The van der Waals surface area contributed by atoms with Gasteiger partial charge < -0.3 is 14.8 Å². The Morgan fingerprint density at radius 1 is 1.30 bits per heavy atom. The monoisotopic (exact) mass is 287 g/mol. The van der Waals surface area contributed by atoms with E-state index in [2.05, 4.69) is 23.9 Å². The molecule has 0 radical (unpaired) electrons. The van der Waals surface area contributed by atoms with Crippen molar-refractivity contribution in [2.24, 2.45) is 5.92 Å². The van der Waals surface area contributed by atoms with Crippen LogP contribution in [0.5, 0.6) is 11.5 Å². The SMILES string of the molecule is COc1cc(C(=O)NCCC(C)C)ccc1OC(F)F. The van der Waals surface area contributed by atoms with Crippen LogP contribution in [0.1, 0.15) is 30.6 Å². The number of carbonyl (C=O) groups is 1. The summed E-state index contributed by atoms with van der Waals surface area (Å²) in [5.41, 5.74) is 0.340. The molecule has 1 N–H and O–H groups in total. The van der Waals surface area contributed by atoms with Gasteiger partial charge in [0.2, 0.25) is 0 Å². The minimum absolute atomic E-state index is 0.0961. The van der Waals surface area contributed by atoms with E-state index in [0.717, 1.165) is 6.42 Å². The molecule has 20 heavy (non-hydrogen) atoms. The first-order valence-corrected chi connectivity index (χ1v) is 6.35. The minimum atomic E-state index is -2.94. The summed E-state index contributed by atoms with van der Waals surface area (Å²) in [5.74, 6) is 0.224. The predicted octanol–water partition coefficient (Wildman–Crippen LogP) is 3.07. The molecule has 0 fully saturated rings. The molecule has 112 valence electrons. The van der Waals surface area contributed by atoms with Gasteiger partial charge in [-0.25, -0.2) is 0 Å². The first kappa shape index (κ1) is 16.2. The molecule has 0 aromatic heterocycles. The van der Waals surface area contributed by atoms with Crippen LogP contribution in [0.15, 0.2) is 18.2 Å². The van der Waals surface area contributed by atoms with E-state index >= 15 is 0 Å². The lowest BCUT2D eigenvalue weighted by molar-refractivity contribution is -0.0512. The molecule has 0 aliphatic rings. The molecule has 1 amide bonds. The standard InChI is InChI=1S/C14H19F2NO3/c1-9(2)6-7-17-13(18)10-4-5-11(20-14(15)16)12(8-10)19-3/h4-5,8-9,14H,6-7H2,1-3H3,(H,17,18). The first-order valence-electron chi connectivity index (χ1n) is 6.35. The van der Waals surface area contributed by atoms with Crippen LogP contribution in [0.25, 0.3) is 0 Å². The van der Waals surface area contributed by atoms with E-state index < -0.39 is 6.61 Å². The average Bonchev–Trinajstić information content (AvgIpc) is 2.37. The Bertz CT molecular complexity index is 450. The summed E-state index contributed by atoms with van der Waals surface area (Å²) in [6.07, 6.45) is 0.870. The van der Waals surface area contributed by atoms with E-state index in [1.54, 1.807) is 0 Å². The highest BCUT2D eigenvalue weighted by Gasteiger charge is 2.14. The molecule has 0 aliphatic carbocycles. The summed E-state index contributed by atoms with van der Waals surface area (Å²) < 4.78 is 33.6. The molecule has 0 saturated carbocycles. The number of nitrogens with one attached hydrogen (secondary N) is 1. The second kappa shape index (κ2) is 7.67. The van der Waals surface area contributed by atoms with Crippen molar-refractivity contribution in [3.8, 4) is 11.5 Å². The van der Waals surface area contributed by atoms with Crippen LogP contribution in [0.3, 0.4) is 0 Å². The van der Waals surface area contributed by atoms with Crippen molar-refractivity contribution in [2.75, 3.05) is 13.7 Å². The largest absolute Gasteiger partial charge is 0.493 e. The first-order chi connectivity index (χ1) is 9.43. The number of hydrogen-bond donors (Lipinski definition) is 1. The molecule has 1 aromatic rings. The van der Waals surface area contributed by atoms with E-state index in [1.807, 2.05) is 0 Å². The number of benzene rings is 1. The molecule has 0 heterocycles. The fraction of sp³-hybridized carbons (Fsp3) is 0.500. The molecule has 0 atom stereocenters. The maximum absolute atomic E-state index is 12.2. The highest BCUT2D eigenvalue weighted by atomic mass is 19.3. The van der Waals surface area contributed by atoms with Crippen molar-refractivity contribution < 1.29 is 23.0 Å². The molecule has 1 rings (SSSR count). The lowest BCUT2D eigenvalue weighted by atomic mass is 10.1. The number of rotatable bonds is 7. The highest BCUT2D eigenvalue weighted by molar-refractivity contribution is 5.94. The summed E-state index contributed by atoms with van der Waals surface area (Å²) in [5, 5.41) is 2.76. The van der Waals surface area contributed by atoms with Crippen molar-refractivity contribution in [3.05, 3.63) is 23.8 Å². The van der Waals surface area contributed by atoms with E-state index in [1.165, 1.54) is 25.3 Å². The molecular weight excluding hydrogens is 268 g/mol. The number of carbonyl (C=O) groups excluding carboxylic acids is 1. The molecule has 0 saturated heterocycles. The van der Waals surface area contributed by atoms with Gasteiger partial charge in [-0.05, 0) is 30.5 Å². The number of halogens is 2. The Kier molecular flexibility index (Phi) is 6.21. The van der Waals surface area contributed by atoms with E-state index in [0.29, 0.717) is 18.0 Å². The van der Waals surface area contributed by atoms with Crippen LogP contribution in [0.4, 0.5) is 8.78 Å². The zero-order chi connectivity index (χ0) is 15.1. The van der Waals surface area contributed by atoms with Gasteiger partial charge in [-0.2, -0.15) is 8.78 Å². The van der Waals surface area contributed by atoms with Crippen molar-refractivity contribution in [1.29, 1.82) is 0 Å². The van der Waals surface area contributed by atoms with Crippen LogP contribution in [0, 0.1) is 5.92 Å². The van der Waals surface area contributed by atoms with Gasteiger partial charge in [0.1, 0.15) is 0 Å². The minimum Gasteiger partial charge on any atom is -0.493 e. The van der Waals surface area contributed by atoms with Crippen LogP contribution < -0.4 is 14.8 Å². The number of ether oxygens (including phenoxy) is 2.